The predicted molar refractivity (Wildman–Crippen MR) is 148 cm³/mol. The predicted octanol–water partition coefficient (Wildman–Crippen LogP) is 6.28. The van der Waals surface area contributed by atoms with Gasteiger partial charge in [0.1, 0.15) is 0 Å². The van der Waals surface area contributed by atoms with Gasteiger partial charge >= 0.3 is 5.51 Å². The molecular weight excluding hydrogens is 521 g/mol. The lowest BCUT2D eigenvalue weighted by Crippen LogP contribution is -2.47. The molecule has 2 saturated heterocycles. The third-order valence-corrected chi connectivity index (χ3v) is 7.80. The van der Waals surface area contributed by atoms with Crippen molar-refractivity contribution in [1.29, 1.82) is 0 Å². The summed E-state index contributed by atoms with van der Waals surface area (Å²) in [5.74, 6) is 0.0941. The van der Waals surface area contributed by atoms with Gasteiger partial charge in [-0.2, -0.15) is 13.2 Å². The summed E-state index contributed by atoms with van der Waals surface area (Å²) in [6.07, 6.45) is 3.01. The lowest BCUT2D eigenvalue weighted by Gasteiger charge is -2.36. The Balaban J connectivity index is 0.00000380. The van der Waals surface area contributed by atoms with Gasteiger partial charge in [0.15, 0.2) is 0 Å². The molecule has 2 fully saturated rings. The lowest BCUT2D eigenvalue weighted by atomic mass is 10.0. The Kier molecular flexibility index (Phi) is 10.8. The normalized spacial score (nSPS) is 17.4. The second-order valence-corrected chi connectivity index (χ2v) is 10.8. The molecule has 2 aromatic carbocycles. The first-order chi connectivity index (χ1) is 17.3. The minimum atomic E-state index is -4.27. The monoisotopic (exact) mass is 556 g/mol. The van der Waals surface area contributed by atoms with Crippen molar-refractivity contribution in [2.45, 2.75) is 49.6 Å². The maximum Gasteiger partial charge on any atom is 0.446 e. The molecular formula is C27H36ClF3N4OS. The van der Waals surface area contributed by atoms with Crippen LogP contribution in [0.15, 0.2) is 53.4 Å². The number of halogens is 4. The Morgan fingerprint density at radius 2 is 1.59 bits per heavy atom. The molecule has 4 rings (SSSR count). The molecule has 2 aliphatic heterocycles. The number of piperidine rings is 1. The van der Waals surface area contributed by atoms with E-state index in [0.717, 1.165) is 81.5 Å². The molecule has 0 aromatic heterocycles. The van der Waals surface area contributed by atoms with Crippen molar-refractivity contribution in [2.24, 2.45) is 0 Å². The van der Waals surface area contributed by atoms with Crippen LogP contribution in [0.3, 0.4) is 0 Å². The molecule has 2 aliphatic rings. The zero-order valence-electron chi connectivity index (χ0n) is 20.1. The van der Waals surface area contributed by atoms with Crippen LogP contribution >= 0.6 is 23.4 Å². The number of anilines is 2. The van der Waals surface area contributed by atoms with E-state index >= 15 is 0 Å². The van der Waals surface area contributed by atoms with Crippen LogP contribution in [0, 0.1) is 0 Å². The van der Waals surface area contributed by atoms with Gasteiger partial charge in [0.25, 0.3) is 0 Å². The van der Waals surface area contributed by atoms with Gasteiger partial charge < -0.3 is 15.1 Å². The van der Waals surface area contributed by atoms with Crippen molar-refractivity contribution >= 4 is 40.6 Å². The van der Waals surface area contributed by atoms with Crippen LogP contribution in [0.2, 0.25) is 5.02 Å². The molecule has 1 N–H and O–H groups in total. The number of para-hydroxylation sites is 1. The van der Waals surface area contributed by atoms with Gasteiger partial charge in [-0.15, -0.1) is 0 Å². The smallest absolute Gasteiger partial charge is 0.371 e. The molecule has 37 heavy (non-hydrogen) atoms. The Morgan fingerprint density at radius 3 is 2.22 bits per heavy atom. The molecule has 2 aromatic rings. The first kappa shape index (κ1) is 29.5. The number of amides is 1. The van der Waals surface area contributed by atoms with Crippen molar-refractivity contribution in [3.05, 3.63) is 53.6 Å². The highest BCUT2D eigenvalue weighted by molar-refractivity contribution is 8.00. The number of rotatable bonds is 8. The Morgan fingerprint density at radius 1 is 0.946 bits per heavy atom. The molecule has 0 atom stereocenters. The first-order valence-electron chi connectivity index (χ1n) is 12.4. The fourth-order valence-electron chi connectivity index (χ4n) is 4.82. The molecule has 0 saturated carbocycles. The highest BCUT2D eigenvalue weighted by atomic mass is 35.5. The van der Waals surface area contributed by atoms with Crippen LogP contribution in [-0.4, -0.2) is 68.2 Å². The van der Waals surface area contributed by atoms with E-state index in [1.54, 1.807) is 12.1 Å². The Hall–Kier alpha value is -2.10. The third-order valence-electron chi connectivity index (χ3n) is 6.74. The molecule has 0 spiro atoms. The molecule has 2 heterocycles. The van der Waals surface area contributed by atoms with E-state index in [4.69, 9.17) is 11.6 Å². The summed E-state index contributed by atoms with van der Waals surface area (Å²) in [5.41, 5.74) is -2.27. The fourth-order valence-corrected chi connectivity index (χ4v) is 5.62. The van der Waals surface area contributed by atoms with Gasteiger partial charge in [-0.3, -0.25) is 9.69 Å². The fraction of sp³-hybridized carbons (Fsp3) is 0.519. The lowest BCUT2D eigenvalue weighted by molar-refractivity contribution is -0.122. The van der Waals surface area contributed by atoms with Crippen molar-refractivity contribution in [3.8, 4) is 0 Å². The Labute approximate surface area is 227 Å². The minimum Gasteiger partial charge on any atom is -0.371 e. The third kappa shape index (κ3) is 9.00. The SMILES string of the molecule is C.O=C(CCCN1CCN(c2ccccc2Cl)CC1)NC1CCN(c2ccc(SC(F)(F)F)cc2)CC1. The highest BCUT2D eigenvalue weighted by Crippen LogP contribution is 2.37. The number of nitrogens with one attached hydrogen (secondary N) is 1. The van der Waals surface area contributed by atoms with E-state index in [-0.39, 0.29) is 36.0 Å². The summed E-state index contributed by atoms with van der Waals surface area (Å²) >= 11 is 6.22. The quantitative estimate of drug-likeness (QED) is 0.388. The number of benzene rings is 2. The molecule has 1 amide bonds. The maximum absolute atomic E-state index is 12.5. The van der Waals surface area contributed by atoms with E-state index in [1.165, 1.54) is 12.1 Å². The summed E-state index contributed by atoms with van der Waals surface area (Å²) in [4.78, 5) is 19.5. The zero-order chi connectivity index (χ0) is 25.5. The number of carbonyl (C=O) groups excluding carboxylic acids is 1. The van der Waals surface area contributed by atoms with E-state index in [0.29, 0.717) is 6.42 Å². The van der Waals surface area contributed by atoms with Gasteiger partial charge in [-0.1, -0.05) is 31.2 Å². The number of hydrogen-bond donors (Lipinski definition) is 1. The molecule has 0 bridgehead atoms. The van der Waals surface area contributed by atoms with Crippen molar-refractivity contribution in [3.63, 3.8) is 0 Å². The van der Waals surface area contributed by atoms with Crippen LogP contribution in [0.25, 0.3) is 0 Å². The molecule has 204 valence electrons. The summed E-state index contributed by atoms with van der Waals surface area (Å²) < 4.78 is 37.5. The van der Waals surface area contributed by atoms with E-state index in [2.05, 4.69) is 26.1 Å². The van der Waals surface area contributed by atoms with Gasteiger partial charge in [0, 0.05) is 62.3 Å². The highest BCUT2D eigenvalue weighted by Gasteiger charge is 2.29. The molecule has 0 radical (unpaired) electrons. The number of alkyl halides is 3. The minimum absolute atomic E-state index is 0. The Bertz CT molecular complexity index is 992. The topological polar surface area (TPSA) is 38.8 Å². The average Bonchev–Trinajstić information content (AvgIpc) is 2.85. The van der Waals surface area contributed by atoms with Crippen LogP contribution in [0.4, 0.5) is 24.5 Å². The number of nitrogens with zero attached hydrogens (tertiary/aromatic N) is 3. The van der Waals surface area contributed by atoms with E-state index in [1.807, 2.05) is 18.2 Å². The maximum atomic E-state index is 12.5. The number of carbonyl (C=O) groups is 1. The number of piperazine rings is 1. The second kappa shape index (κ2) is 13.6. The molecule has 10 heteroatoms. The molecule has 0 unspecified atom stereocenters. The summed E-state index contributed by atoms with van der Waals surface area (Å²) in [6.45, 7) is 6.23. The number of thioether (sulfide) groups is 1. The van der Waals surface area contributed by atoms with Crippen molar-refractivity contribution in [1.82, 2.24) is 10.2 Å². The zero-order valence-corrected chi connectivity index (χ0v) is 21.7. The van der Waals surface area contributed by atoms with Crippen LogP contribution < -0.4 is 15.1 Å². The molecule has 0 aliphatic carbocycles. The van der Waals surface area contributed by atoms with Crippen LogP contribution in [0.1, 0.15) is 33.1 Å². The van der Waals surface area contributed by atoms with Crippen molar-refractivity contribution < 1.29 is 18.0 Å². The molecule has 5 nitrogen and oxygen atoms in total. The summed E-state index contributed by atoms with van der Waals surface area (Å²) in [5, 5.41) is 3.95. The van der Waals surface area contributed by atoms with Gasteiger partial charge in [-0.25, -0.2) is 0 Å². The van der Waals surface area contributed by atoms with Crippen LogP contribution in [0.5, 0.6) is 0 Å². The van der Waals surface area contributed by atoms with E-state index in [9.17, 15) is 18.0 Å². The van der Waals surface area contributed by atoms with Crippen LogP contribution in [-0.2, 0) is 4.79 Å². The average molecular weight is 557 g/mol. The van der Waals surface area contributed by atoms with E-state index < -0.39 is 5.51 Å². The standard InChI is InChI=1S/C26H32ClF3N4OS.CH4/c27-23-4-1-2-5-24(23)34-18-16-32(17-19-34)13-3-6-25(35)31-20-11-14-33(15-12-20)21-7-9-22(10-8-21)36-26(28,29)30;/h1-2,4-5,7-10,20H,3,6,11-19H2,(H,31,35);1H4. The van der Waals surface area contributed by atoms with Gasteiger partial charge in [0.2, 0.25) is 5.91 Å². The van der Waals surface area contributed by atoms with Gasteiger partial charge in [-0.05, 0) is 74.0 Å². The summed E-state index contributed by atoms with van der Waals surface area (Å²) in [6, 6.07) is 14.6. The van der Waals surface area contributed by atoms with Gasteiger partial charge in [0.05, 0.1) is 10.7 Å². The number of hydrogen-bond acceptors (Lipinski definition) is 5. The summed E-state index contributed by atoms with van der Waals surface area (Å²) in [7, 11) is 0. The first-order valence-corrected chi connectivity index (χ1v) is 13.6. The van der Waals surface area contributed by atoms with Crippen molar-refractivity contribution in [2.75, 3.05) is 55.6 Å². The second-order valence-electron chi connectivity index (χ2n) is 9.25. The largest absolute Gasteiger partial charge is 0.446 e.